The molecule has 1 aromatic rings. The zero-order valence-electron chi connectivity index (χ0n) is 5.36. The largest absolute Gasteiger partial charge is 0.396 e. The van der Waals surface area contributed by atoms with Gasteiger partial charge in [-0.3, -0.25) is 0 Å². The molecule has 0 radical (unpaired) electrons. The molecule has 10 heavy (non-hydrogen) atoms. The van der Waals surface area contributed by atoms with Crippen LogP contribution < -0.4 is 5.73 Å². The molecule has 0 bridgehead atoms. The van der Waals surface area contributed by atoms with Crippen molar-refractivity contribution in [2.75, 3.05) is 5.73 Å². The normalized spacial score (nSPS) is 9.90. The summed E-state index contributed by atoms with van der Waals surface area (Å²) >= 11 is 11.3. The molecule has 0 aliphatic carbocycles. The second-order valence-electron chi connectivity index (χ2n) is 1.94. The summed E-state index contributed by atoms with van der Waals surface area (Å²) in [5, 5.41) is 0.851. The molecule has 2 nitrogen and oxygen atoms in total. The van der Waals surface area contributed by atoms with Crippen LogP contribution in [-0.2, 0) is 0 Å². The number of nitrogens with two attached hydrogens (primary N) is 1. The molecule has 0 saturated heterocycles. The van der Waals surface area contributed by atoms with Crippen molar-refractivity contribution in [3.05, 3.63) is 21.9 Å². The van der Waals surface area contributed by atoms with Crippen LogP contribution in [0.2, 0.25) is 10.2 Å². The van der Waals surface area contributed by atoms with E-state index >= 15 is 0 Å². The average molecular weight is 177 g/mol. The lowest BCUT2D eigenvalue weighted by Gasteiger charge is -2.01. The van der Waals surface area contributed by atoms with E-state index < -0.39 is 0 Å². The Morgan fingerprint density at radius 3 is 2.60 bits per heavy atom. The van der Waals surface area contributed by atoms with Gasteiger partial charge in [0.15, 0.2) is 5.15 Å². The Hall–Kier alpha value is -0.470. The Morgan fingerprint density at radius 2 is 2.10 bits per heavy atom. The van der Waals surface area contributed by atoms with Gasteiger partial charge < -0.3 is 5.73 Å². The van der Waals surface area contributed by atoms with Crippen molar-refractivity contribution in [3.8, 4) is 0 Å². The van der Waals surface area contributed by atoms with Gasteiger partial charge in [0.2, 0.25) is 0 Å². The summed E-state index contributed by atoms with van der Waals surface area (Å²) in [5.41, 5.74) is 6.74. The van der Waals surface area contributed by atoms with Crippen LogP contribution in [-0.4, -0.2) is 4.98 Å². The number of nitrogen functional groups attached to an aromatic ring is 1. The van der Waals surface area contributed by atoms with Crippen LogP contribution in [0, 0.1) is 6.92 Å². The van der Waals surface area contributed by atoms with E-state index in [0.717, 1.165) is 5.56 Å². The molecule has 0 aliphatic rings. The fourth-order valence-corrected chi connectivity index (χ4v) is 0.904. The number of aromatic nitrogens is 1. The SMILES string of the molecule is Cc1c(Cl)cnc(Cl)c1N. The molecule has 0 amide bonds. The molecule has 2 N–H and O–H groups in total. The van der Waals surface area contributed by atoms with Crippen LogP contribution in [0.5, 0.6) is 0 Å². The van der Waals surface area contributed by atoms with Crippen LogP contribution in [0.3, 0.4) is 0 Å². The minimum Gasteiger partial charge on any atom is -0.396 e. The van der Waals surface area contributed by atoms with Gasteiger partial charge in [0, 0.05) is 6.20 Å². The van der Waals surface area contributed by atoms with Crippen molar-refractivity contribution in [1.82, 2.24) is 4.98 Å². The summed E-state index contributed by atoms with van der Waals surface area (Å²) in [4.78, 5) is 3.75. The van der Waals surface area contributed by atoms with E-state index in [1.807, 2.05) is 0 Å². The third kappa shape index (κ3) is 1.18. The summed E-state index contributed by atoms with van der Waals surface area (Å²) in [5.74, 6) is 0. The van der Waals surface area contributed by atoms with Crippen LogP contribution in [0.1, 0.15) is 5.56 Å². The molecule has 0 spiro atoms. The number of rotatable bonds is 0. The first-order chi connectivity index (χ1) is 4.63. The third-order valence-corrected chi connectivity index (χ3v) is 1.96. The first-order valence-electron chi connectivity index (χ1n) is 2.69. The molecule has 4 heteroatoms. The van der Waals surface area contributed by atoms with Gasteiger partial charge in [-0.1, -0.05) is 23.2 Å². The van der Waals surface area contributed by atoms with Gasteiger partial charge in [-0.05, 0) is 12.5 Å². The van der Waals surface area contributed by atoms with Crippen molar-refractivity contribution in [2.24, 2.45) is 0 Å². The maximum Gasteiger partial charge on any atom is 0.152 e. The van der Waals surface area contributed by atoms with Crippen molar-refractivity contribution in [3.63, 3.8) is 0 Å². The number of hydrogen-bond acceptors (Lipinski definition) is 2. The molecule has 1 heterocycles. The Bertz CT molecular complexity index is 233. The molecular weight excluding hydrogens is 171 g/mol. The molecule has 1 rings (SSSR count). The summed E-state index contributed by atoms with van der Waals surface area (Å²) in [6.45, 7) is 1.80. The lowest BCUT2D eigenvalue weighted by molar-refractivity contribution is 1.29. The van der Waals surface area contributed by atoms with Gasteiger partial charge in [0.1, 0.15) is 0 Å². The molecule has 0 atom stereocenters. The maximum atomic E-state index is 5.68. The van der Waals surface area contributed by atoms with E-state index in [1.54, 1.807) is 6.92 Å². The number of hydrogen-bond donors (Lipinski definition) is 1. The fourth-order valence-electron chi connectivity index (χ4n) is 0.563. The number of halogens is 2. The highest BCUT2D eigenvalue weighted by Gasteiger charge is 2.03. The van der Waals surface area contributed by atoms with Gasteiger partial charge in [0.05, 0.1) is 10.7 Å². The fraction of sp³-hybridized carbons (Fsp3) is 0.167. The van der Waals surface area contributed by atoms with Crippen LogP contribution in [0.4, 0.5) is 5.69 Å². The second kappa shape index (κ2) is 2.64. The first kappa shape index (κ1) is 7.63. The maximum absolute atomic E-state index is 5.68. The van der Waals surface area contributed by atoms with Crippen molar-refractivity contribution >= 4 is 28.9 Å². The zero-order valence-corrected chi connectivity index (χ0v) is 6.87. The van der Waals surface area contributed by atoms with Gasteiger partial charge in [-0.2, -0.15) is 0 Å². The summed E-state index contributed by atoms with van der Waals surface area (Å²) in [6, 6.07) is 0. The standard InChI is InChI=1S/C6H6Cl2N2/c1-3-4(7)2-10-6(8)5(3)9/h2H,9H2,1H3. The molecule has 0 unspecified atom stereocenters. The zero-order chi connectivity index (χ0) is 7.72. The Labute approximate surface area is 69.0 Å². The average Bonchev–Trinajstić information content (AvgIpc) is 1.93. The molecule has 0 saturated carbocycles. The lowest BCUT2D eigenvalue weighted by atomic mass is 10.3. The van der Waals surface area contributed by atoms with Gasteiger partial charge in [-0.15, -0.1) is 0 Å². The quantitative estimate of drug-likeness (QED) is 0.617. The topological polar surface area (TPSA) is 38.9 Å². The first-order valence-corrected chi connectivity index (χ1v) is 3.44. The molecule has 0 aliphatic heterocycles. The van der Waals surface area contributed by atoms with E-state index in [-0.39, 0.29) is 0 Å². The van der Waals surface area contributed by atoms with Gasteiger partial charge in [-0.25, -0.2) is 4.98 Å². The van der Waals surface area contributed by atoms with E-state index in [9.17, 15) is 0 Å². The van der Waals surface area contributed by atoms with Crippen LogP contribution >= 0.6 is 23.2 Å². The lowest BCUT2D eigenvalue weighted by Crippen LogP contribution is -1.93. The van der Waals surface area contributed by atoms with Crippen molar-refractivity contribution < 1.29 is 0 Å². The highest BCUT2D eigenvalue weighted by molar-refractivity contribution is 6.34. The molecule has 1 aromatic heterocycles. The van der Waals surface area contributed by atoms with Crippen molar-refractivity contribution in [1.29, 1.82) is 0 Å². The summed E-state index contributed by atoms with van der Waals surface area (Å²) < 4.78 is 0. The Kier molecular flexibility index (Phi) is 2.02. The minimum absolute atomic E-state index is 0.307. The third-order valence-electron chi connectivity index (χ3n) is 1.28. The number of pyridine rings is 1. The molecule has 0 aromatic carbocycles. The molecular formula is C6H6Cl2N2. The highest BCUT2D eigenvalue weighted by atomic mass is 35.5. The summed E-state index contributed by atoms with van der Waals surface area (Å²) in [7, 11) is 0. The van der Waals surface area contributed by atoms with Crippen LogP contribution in [0.15, 0.2) is 6.20 Å². The predicted octanol–water partition coefficient (Wildman–Crippen LogP) is 2.28. The van der Waals surface area contributed by atoms with Crippen molar-refractivity contribution in [2.45, 2.75) is 6.92 Å². The minimum atomic E-state index is 0.307. The summed E-state index contributed by atoms with van der Waals surface area (Å²) in [6.07, 6.45) is 1.48. The van der Waals surface area contributed by atoms with Crippen LogP contribution in [0.25, 0.3) is 0 Å². The van der Waals surface area contributed by atoms with Gasteiger partial charge in [0.25, 0.3) is 0 Å². The van der Waals surface area contributed by atoms with E-state index in [0.29, 0.717) is 15.9 Å². The van der Waals surface area contributed by atoms with E-state index in [1.165, 1.54) is 6.20 Å². The molecule has 0 fully saturated rings. The molecule has 54 valence electrons. The predicted molar refractivity (Wildman–Crippen MR) is 43.4 cm³/mol. The smallest absolute Gasteiger partial charge is 0.152 e. The monoisotopic (exact) mass is 176 g/mol. The Balaban J connectivity index is 3.34. The van der Waals surface area contributed by atoms with E-state index in [2.05, 4.69) is 4.98 Å². The Morgan fingerprint density at radius 1 is 1.50 bits per heavy atom. The highest BCUT2D eigenvalue weighted by Crippen LogP contribution is 2.25. The number of nitrogens with zero attached hydrogens (tertiary/aromatic N) is 1. The van der Waals surface area contributed by atoms with E-state index in [4.69, 9.17) is 28.9 Å². The number of anilines is 1. The second-order valence-corrected chi connectivity index (χ2v) is 2.70. The van der Waals surface area contributed by atoms with Gasteiger partial charge >= 0.3 is 0 Å².